The van der Waals surface area contributed by atoms with Gasteiger partial charge in [0.05, 0.1) is 11.1 Å². The minimum absolute atomic E-state index is 0.229. The van der Waals surface area contributed by atoms with Gasteiger partial charge in [-0.15, -0.1) is 11.3 Å². The molecule has 100 valence electrons. The van der Waals surface area contributed by atoms with Gasteiger partial charge in [0.2, 0.25) is 0 Å². The summed E-state index contributed by atoms with van der Waals surface area (Å²) in [5, 5.41) is 19.5. The summed E-state index contributed by atoms with van der Waals surface area (Å²) in [6, 6.07) is 9.95. The fourth-order valence-corrected chi connectivity index (χ4v) is 2.88. The lowest BCUT2D eigenvalue weighted by Crippen LogP contribution is -1.95. The van der Waals surface area contributed by atoms with E-state index in [0.29, 0.717) is 0 Å². The van der Waals surface area contributed by atoms with Crippen LogP contribution in [0.1, 0.15) is 20.0 Å². The van der Waals surface area contributed by atoms with Gasteiger partial charge in [-0.1, -0.05) is 0 Å². The third kappa shape index (κ3) is 1.96. The van der Waals surface area contributed by atoms with E-state index in [1.165, 1.54) is 17.4 Å². The fraction of sp³-hybridized carbons (Fsp3) is 0. The van der Waals surface area contributed by atoms with E-state index in [1.807, 2.05) is 10.6 Å². The number of aromatic nitrogens is 1. The van der Waals surface area contributed by atoms with E-state index in [0.717, 1.165) is 15.9 Å². The van der Waals surface area contributed by atoms with Crippen molar-refractivity contribution in [1.29, 1.82) is 0 Å². The lowest BCUT2D eigenvalue weighted by atomic mass is 10.1. The number of aromatic carboxylic acids is 2. The van der Waals surface area contributed by atoms with Crippen LogP contribution in [0.25, 0.3) is 15.9 Å². The third-order valence-corrected chi connectivity index (χ3v) is 4.05. The van der Waals surface area contributed by atoms with Crippen molar-refractivity contribution in [1.82, 2.24) is 4.57 Å². The highest BCUT2D eigenvalue weighted by molar-refractivity contribution is 7.16. The smallest absolute Gasteiger partial charge is 0.345 e. The third-order valence-electron chi connectivity index (χ3n) is 2.98. The maximum atomic E-state index is 10.9. The Labute approximate surface area is 117 Å². The van der Waals surface area contributed by atoms with Crippen molar-refractivity contribution in [3.8, 4) is 5.00 Å². The monoisotopic (exact) mass is 287 g/mol. The summed E-state index contributed by atoms with van der Waals surface area (Å²) in [7, 11) is 0. The molecule has 5 nitrogen and oxygen atoms in total. The molecule has 0 bridgehead atoms. The second-order valence-electron chi connectivity index (χ2n) is 4.21. The molecule has 3 rings (SSSR count). The largest absolute Gasteiger partial charge is 0.478 e. The van der Waals surface area contributed by atoms with Crippen LogP contribution in [-0.4, -0.2) is 26.7 Å². The molecular formula is C14H9NO4S. The number of carboxylic acids is 2. The summed E-state index contributed by atoms with van der Waals surface area (Å²) in [6.45, 7) is 0. The quantitative estimate of drug-likeness (QED) is 0.775. The van der Waals surface area contributed by atoms with Gasteiger partial charge in [-0.05, 0) is 36.4 Å². The summed E-state index contributed by atoms with van der Waals surface area (Å²) in [5.41, 5.74) is 1.07. The predicted molar refractivity (Wildman–Crippen MR) is 75.1 cm³/mol. The molecule has 20 heavy (non-hydrogen) atoms. The molecule has 3 aromatic rings. The van der Waals surface area contributed by atoms with Gasteiger partial charge in [0.1, 0.15) is 9.88 Å². The Kier molecular flexibility index (Phi) is 2.80. The van der Waals surface area contributed by atoms with Gasteiger partial charge in [0.15, 0.2) is 0 Å². The number of hydrogen-bond donors (Lipinski definition) is 2. The fourth-order valence-electron chi connectivity index (χ4n) is 2.04. The molecule has 0 saturated carbocycles. The Morgan fingerprint density at radius 3 is 2.45 bits per heavy atom. The molecule has 0 atom stereocenters. The molecule has 0 spiro atoms. The second kappa shape index (κ2) is 4.50. The summed E-state index contributed by atoms with van der Waals surface area (Å²) in [4.78, 5) is 22.1. The number of fused-ring (bicyclic) bond motifs is 1. The van der Waals surface area contributed by atoms with Gasteiger partial charge in [0, 0.05) is 11.6 Å². The minimum atomic E-state index is -0.969. The topological polar surface area (TPSA) is 79.5 Å². The van der Waals surface area contributed by atoms with Crippen LogP contribution >= 0.6 is 11.3 Å². The highest BCUT2D eigenvalue weighted by Gasteiger charge is 2.11. The Balaban J connectivity index is 2.12. The molecular weight excluding hydrogens is 278 g/mol. The van der Waals surface area contributed by atoms with Crippen LogP contribution in [0, 0.1) is 0 Å². The van der Waals surface area contributed by atoms with Gasteiger partial charge >= 0.3 is 11.9 Å². The van der Waals surface area contributed by atoms with Crippen molar-refractivity contribution in [2.45, 2.75) is 0 Å². The molecule has 0 aliphatic heterocycles. The van der Waals surface area contributed by atoms with Crippen LogP contribution < -0.4 is 0 Å². The normalized spacial score (nSPS) is 10.8. The Morgan fingerprint density at radius 1 is 1.00 bits per heavy atom. The van der Waals surface area contributed by atoms with E-state index in [9.17, 15) is 9.59 Å². The zero-order chi connectivity index (χ0) is 14.3. The van der Waals surface area contributed by atoms with Crippen molar-refractivity contribution >= 4 is 34.2 Å². The van der Waals surface area contributed by atoms with Gasteiger partial charge in [-0.25, -0.2) is 9.59 Å². The van der Waals surface area contributed by atoms with Gasteiger partial charge < -0.3 is 14.8 Å². The van der Waals surface area contributed by atoms with Crippen molar-refractivity contribution in [2.24, 2.45) is 0 Å². The standard InChI is InChI=1S/C14H9NO4S/c16-13(17)9-1-2-10-8(7-9)5-6-15(10)12-4-3-11(20-12)14(18)19/h1-7H,(H,16,17)(H,18,19). The van der Waals surface area contributed by atoms with Gasteiger partial charge in [-0.3, -0.25) is 0 Å². The Morgan fingerprint density at radius 2 is 1.80 bits per heavy atom. The van der Waals surface area contributed by atoms with E-state index in [2.05, 4.69) is 0 Å². The van der Waals surface area contributed by atoms with E-state index >= 15 is 0 Å². The highest BCUT2D eigenvalue weighted by Crippen LogP contribution is 2.26. The number of rotatable bonds is 3. The van der Waals surface area contributed by atoms with Crippen molar-refractivity contribution in [3.63, 3.8) is 0 Å². The van der Waals surface area contributed by atoms with Crippen LogP contribution in [0.3, 0.4) is 0 Å². The Hall–Kier alpha value is -2.60. The number of thiophene rings is 1. The summed E-state index contributed by atoms with van der Waals surface area (Å²) < 4.78 is 1.85. The first-order valence-corrected chi connectivity index (χ1v) is 6.56. The molecule has 2 aromatic heterocycles. The maximum Gasteiger partial charge on any atom is 0.345 e. The first-order chi connectivity index (χ1) is 9.56. The van der Waals surface area contributed by atoms with Crippen molar-refractivity contribution in [3.05, 3.63) is 53.0 Å². The van der Waals surface area contributed by atoms with Gasteiger partial charge in [0.25, 0.3) is 0 Å². The highest BCUT2D eigenvalue weighted by atomic mass is 32.1. The van der Waals surface area contributed by atoms with Crippen LogP contribution in [0.2, 0.25) is 0 Å². The van der Waals surface area contributed by atoms with Crippen LogP contribution in [-0.2, 0) is 0 Å². The zero-order valence-electron chi connectivity index (χ0n) is 10.1. The van der Waals surface area contributed by atoms with Crippen LogP contribution in [0.15, 0.2) is 42.6 Å². The molecule has 0 unspecified atom stereocenters. The van der Waals surface area contributed by atoms with E-state index in [4.69, 9.17) is 10.2 Å². The first-order valence-electron chi connectivity index (χ1n) is 5.74. The number of benzene rings is 1. The molecule has 2 N–H and O–H groups in total. The average Bonchev–Trinajstić information content (AvgIpc) is 3.03. The average molecular weight is 287 g/mol. The van der Waals surface area contributed by atoms with Gasteiger partial charge in [-0.2, -0.15) is 0 Å². The number of carbonyl (C=O) groups is 2. The minimum Gasteiger partial charge on any atom is -0.478 e. The molecule has 1 aromatic carbocycles. The SMILES string of the molecule is O=C(O)c1ccc2c(ccn2-c2ccc(C(=O)O)s2)c1. The molecule has 0 saturated heterocycles. The maximum absolute atomic E-state index is 10.9. The van der Waals surface area contributed by atoms with Crippen molar-refractivity contribution in [2.75, 3.05) is 0 Å². The molecule has 0 aliphatic carbocycles. The molecule has 0 amide bonds. The Bertz CT molecular complexity index is 831. The lowest BCUT2D eigenvalue weighted by Gasteiger charge is -2.02. The summed E-state index contributed by atoms with van der Waals surface area (Å²) in [6.07, 6.45) is 1.80. The van der Waals surface area contributed by atoms with Crippen molar-refractivity contribution < 1.29 is 19.8 Å². The van der Waals surface area contributed by atoms with Crippen LogP contribution in [0.4, 0.5) is 0 Å². The van der Waals surface area contributed by atoms with Crippen LogP contribution in [0.5, 0.6) is 0 Å². The molecule has 6 heteroatoms. The zero-order valence-corrected chi connectivity index (χ0v) is 10.9. The van der Waals surface area contributed by atoms with E-state index in [1.54, 1.807) is 30.5 Å². The van der Waals surface area contributed by atoms with E-state index < -0.39 is 11.9 Å². The second-order valence-corrected chi connectivity index (χ2v) is 5.27. The number of hydrogen-bond acceptors (Lipinski definition) is 3. The summed E-state index contributed by atoms with van der Waals surface area (Å²) >= 11 is 1.17. The summed E-state index contributed by atoms with van der Waals surface area (Å²) in [5.74, 6) is -1.92. The lowest BCUT2D eigenvalue weighted by molar-refractivity contribution is 0.0688. The number of carboxylic acid groups (broad SMARTS) is 2. The molecule has 2 heterocycles. The van der Waals surface area contributed by atoms with E-state index in [-0.39, 0.29) is 10.4 Å². The molecule has 0 radical (unpaired) electrons. The predicted octanol–water partition coefficient (Wildman–Crippen LogP) is 3.09. The molecule has 0 fully saturated rings. The first kappa shape index (κ1) is 12.4. The number of nitrogens with zero attached hydrogens (tertiary/aromatic N) is 1. The molecule has 0 aliphatic rings.